The predicted octanol–water partition coefficient (Wildman–Crippen LogP) is 1.72. The second kappa shape index (κ2) is 7.96. The largest absolute Gasteiger partial charge is 0.480 e. The Morgan fingerprint density at radius 3 is 2.45 bits per heavy atom. The molecule has 1 aliphatic carbocycles. The highest BCUT2D eigenvalue weighted by Gasteiger charge is 2.40. The first kappa shape index (κ1) is 17.4. The van der Waals surface area contributed by atoms with E-state index in [0.717, 1.165) is 32.2 Å². The van der Waals surface area contributed by atoms with E-state index in [1.54, 1.807) is 14.0 Å². The van der Waals surface area contributed by atoms with E-state index in [1.807, 2.05) is 0 Å². The van der Waals surface area contributed by atoms with Gasteiger partial charge in [-0.3, -0.25) is 15.0 Å². The normalized spacial score (nSPS) is 18.5. The molecule has 1 fully saturated rings. The quantitative estimate of drug-likeness (QED) is 0.605. The summed E-state index contributed by atoms with van der Waals surface area (Å²) in [6, 6.07) is 0.784. The van der Waals surface area contributed by atoms with Gasteiger partial charge in [0, 0.05) is 32.3 Å². The lowest BCUT2D eigenvalue weighted by molar-refractivity contribution is -0.145. The lowest BCUT2D eigenvalue weighted by Gasteiger charge is -2.37. The number of nitrogens with zero attached hydrogens (tertiary/aromatic N) is 1. The summed E-state index contributed by atoms with van der Waals surface area (Å²) in [5.74, 6) is -0.766. The van der Waals surface area contributed by atoms with Crippen LogP contribution >= 0.6 is 0 Å². The van der Waals surface area contributed by atoms with Crippen LogP contribution < -0.4 is 5.32 Å². The van der Waals surface area contributed by atoms with Gasteiger partial charge in [0.1, 0.15) is 5.54 Å². The molecule has 0 spiro atoms. The van der Waals surface area contributed by atoms with Crippen molar-refractivity contribution in [3.63, 3.8) is 0 Å². The Kier molecular flexibility index (Phi) is 6.92. The second-order valence-electron chi connectivity index (χ2n) is 5.99. The maximum absolute atomic E-state index is 11.7. The Bertz CT molecular complexity index is 303. The molecule has 0 radical (unpaired) electrons. The number of carboxylic acid groups (broad SMARTS) is 1. The number of nitrogens with one attached hydrogen (secondary N) is 1. The van der Waals surface area contributed by atoms with E-state index >= 15 is 0 Å². The molecule has 0 aromatic rings. The Morgan fingerprint density at radius 2 is 2.05 bits per heavy atom. The molecule has 0 aromatic carbocycles. The van der Waals surface area contributed by atoms with Gasteiger partial charge in [0.05, 0.1) is 6.61 Å². The summed E-state index contributed by atoms with van der Waals surface area (Å²) in [6.07, 6.45) is 4.23. The summed E-state index contributed by atoms with van der Waals surface area (Å²) in [6.45, 7) is 8.04. The standard InChI is InChI=1S/C15H30N2O3/c1-5-13(6-2)17(9-10-20-4)11-15(3,14(18)19)16-12-7-8-12/h12-13,16H,5-11H2,1-4H3,(H,18,19). The smallest absolute Gasteiger partial charge is 0.324 e. The molecule has 1 unspecified atom stereocenters. The van der Waals surface area contributed by atoms with Gasteiger partial charge in [-0.2, -0.15) is 0 Å². The van der Waals surface area contributed by atoms with E-state index < -0.39 is 11.5 Å². The maximum atomic E-state index is 11.7. The fraction of sp³-hybridized carbons (Fsp3) is 0.933. The van der Waals surface area contributed by atoms with Gasteiger partial charge in [-0.05, 0) is 32.6 Å². The van der Waals surface area contributed by atoms with Crippen molar-refractivity contribution in [2.45, 2.75) is 64.1 Å². The lowest BCUT2D eigenvalue weighted by atomic mass is 9.99. The summed E-state index contributed by atoms with van der Waals surface area (Å²) < 4.78 is 5.17. The van der Waals surface area contributed by atoms with Crippen molar-refractivity contribution in [3.05, 3.63) is 0 Å². The third kappa shape index (κ3) is 5.04. The first-order valence-electron chi connectivity index (χ1n) is 7.70. The van der Waals surface area contributed by atoms with E-state index in [-0.39, 0.29) is 0 Å². The first-order valence-corrected chi connectivity index (χ1v) is 7.70. The highest BCUT2D eigenvalue weighted by atomic mass is 16.5. The molecular formula is C15H30N2O3. The van der Waals surface area contributed by atoms with Crippen molar-refractivity contribution in [2.75, 3.05) is 26.8 Å². The number of rotatable bonds is 11. The summed E-state index contributed by atoms with van der Waals surface area (Å²) >= 11 is 0. The Labute approximate surface area is 122 Å². The van der Waals surface area contributed by atoms with Gasteiger partial charge in [-0.25, -0.2) is 0 Å². The van der Waals surface area contributed by atoms with Crippen LogP contribution in [0.3, 0.4) is 0 Å². The topological polar surface area (TPSA) is 61.8 Å². The van der Waals surface area contributed by atoms with Crippen LogP contribution in [0.1, 0.15) is 46.5 Å². The Balaban J connectivity index is 2.73. The molecule has 0 saturated heterocycles. The molecule has 0 heterocycles. The number of methoxy groups -OCH3 is 1. The molecule has 0 amide bonds. The van der Waals surface area contributed by atoms with Crippen LogP contribution in [-0.2, 0) is 9.53 Å². The van der Waals surface area contributed by atoms with Crippen molar-refractivity contribution in [3.8, 4) is 0 Å². The average molecular weight is 286 g/mol. The minimum absolute atomic E-state index is 0.377. The summed E-state index contributed by atoms with van der Waals surface area (Å²) in [5.41, 5.74) is -0.877. The van der Waals surface area contributed by atoms with Gasteiger partial charge >= 0.3 is 5.97 Å². The molecule has 2 N–H and O–H groups in total. The molecule has 1 saturated carbocycles. The molecule has 0 aliphatic heterocycles. The highest BCUT2D eigenvalue weighted by molar-refractivity contribution is 5.78. The summed E-state index contributed by atoms with van der Waals surface area (Å²) in [4.78, 5) is 13.9. The maximum Gasteiger partial charge on any atom is 0.324 e. The predicted molar refractivity (Wildman–Crippen MR) is 80.0 cm³/mol. The van der Waals surface area contributed by atoms with Gasteiger partial charge in [-0.1, -0.05) is 13.8 Å². The van der Waals surface area contributed by atoms with Gasteiger partial charge < -0.3 is 9.84 Å². The molecule has 5 nitrogen and oxygen atoms in total. The number of aliphatic carboxylic acids is 1. The van der Waals surface area contributed by atoms with E-state index in [4.69, 9.17) is 4.74 Å². The molecule has 1 rings (SSSR count). The first-order chi connectivity index (χ1) is 9.46. The van der Waals surface area contributed by atoms with Crippen molar-refractivity contribution in [2.24, 2.45) is 0 Å². The number of hydrogen-bond donors (Lipinski definition) is 2. The van der Waals surface area contributed by atoms with Crippen LogP contribution in [0.4, 0.5) is 0 Å². The van der Waals surface area contributed by atoms with Crippen LogP contribution in [0.2, 0.25) is 0 Å². The Morgan fingerprint density at radius 1 is 1.45 bits per heavy atom. The monoisotopic (exact) mass is 286 g/mol. The van der Waals surface area contributed by atoms with Gasteiger partial charge in [0.15, 0.2) is 0 Å². The molecule has 118 valence electrons. The summed E-state index contributed by atoms with van der Waals surface area (Å²) in [7, 11) is 1.68. The zero-order valence-electron chi connectivity index (χ0n) is 13.3. The van der Waals surface area contributed by atoms with E-state index in [0.29, 0.717) is 25.2 Å². The van der Waals surface area contributed by atoms with Crippen LogP contribution in [-0.4, -0.2) is 60.4 Å². The molecular weight excluding hydrogens is 256 g/mol. The van der Waals surface area contributed by atoms with Crippen molar-refractivity contribution >= 4 is 5.97 Å². The number of carbonyl (C=O) groups is 1. The molecule has 5 heteroatoms. The Hall–Kier alpha value is -0.650. The summed E-state index contributed by atoms with van der Waals surface area (Å²) in [5, 5.41) is 12.9. The number of carboxylic acids is 1. The third-order valence-corrected chi connectivity index (χ3v) is 4.13. The van der Waals surface area contributed by atoms with Gasteiger partial charge in [0.2, 0.25) is 0 Å². The van der Waals surface area contributed by atoms with Crippen LogP contribution in [0.15, 0.2) is 0 Å². The van der Waals surface area contributed by atoms with Crippen molar-refractivity contribution < 1.29 is 14.6 Å². The number of hydrogen-bond acceptors (Lipinski definition) is 4. The van der Waals surface area contributed by atoms with Crippen molar-refractivity contribution in [1.82, 2.24) is 10.2 Å². The highest BCUT2D eigenvalue weighted by Crippen LogP contribution is 2.24. The molecule has 1 aliphatic rings. The van der Waals surface area contributed by atoms with Crippen LogP contribution in [0, 0.1) is 0 Å². The second-order valence-corrected chi connectivity index (χ2v) is 5.99. The van der Waals surface area contributed by atoms with Crippen LogP contribution in [0.5, 0.6) is 0 Å². The zero-order valence-corrected chi connectivity index (χ0v) is 13.3. The average Bonchev–Trinajstić information content (AvgIpc) is 3.20. The number of ether oxygens (including phenoxy) is 1. The minimum atomic E-state index is -0.877. The van der Waals surface area contributed by atoms with E-state index in [9.17, 15) is 9.90 Å². The fourth-order valence-corrected chi connectivity index (χ4v) is 2.66. The van der Waals surface area contributed by atoms with Crippen LogP contribution in [0.25, 0.3) is 0 Å². The molecule has 0 aromatic heterocycles. The van der Waals surface area contributed by atoms with Gasteiger partial charge in [0.25, 0.3) is 0 Å². The molecule has 1 atom stereocenters. The third-order valence-electron chi connectivity index (χ3n) is 4.13. The fourth-order valence-electron chi connectivity index (χ4n) is 2.66. The molecule has 0 bridgehead atoms. The van der Waals surface area contributed by atoms with Crippen molar-refractivity contribution in [1.29, 1.82) is 0 Å². The SMILES string of the molecule is CCC(CC)N(CCOC)CC(C)(NC1CC1)C(=O)O. The van der Waals surface area contributed by atoms with Gasteiger partial charge in [-0.15, -0.1) is 0 Å². The molecule has 20 heavy (non-hydrogen) atoms. The zero-order chi connectivity index (χ0) is 15.2. The van der Waals surface area contributed by atoms with E-state index in [2.05, 4.69) is 24.1 Å². The van der Waals surface area contributed by atoms with E-state index in [1.165, 1.54) is 0 Å². The minimum Gasteiger partial charge on any atom is -0.480 e. The lowest BCUT2D eigenvalue weighted by Crippen LogP contribution is -2.59.